The number of carbonyl (C=O) groups excluding carboxylic acids is 1. The van der Waals surface area contributed by atoms with Crippen LogP contribution in [0.1, 0.15) is 68.0 Å². The Hall–Kier alpha value is -3.75. The first-order chi connectivity index (χ1) is 22.2. The van der Waals surface area contributed by atoms with Gasteiger partial charge in [-0.1, -0.05) is 36.9 Å². The van der Waals surface area contributed by atoms with E-state index in [0.29, 0.717) is 32.3 Å². The number of hydrogen-bond donors (Lipinski definition) is 0. The van der Waals surface area contributed by atoms with Crippen LogP contribution in [0.15, 0.2) is 67.5 Å². The Morgan fingerprint density at radius 3 is 2.07 bits per heavy atom. The molecule has 4 heterocycles. The molecule has 0 aliphatic carbocycles. The van der Waals surface area contributed by atoms with Crippen molar-refractivity contribution in [3.8, 4) is 0 Å². The van der Waals surface area contributed by atoms with E-state index in [0.717, 1.165) is 80.1 Å². The van der Waals surface area contributed by atoms with Crippen LogP contribution in [0.5, 0.6) is 0 Å². The molecule has 46 heavy (non-hydrogen) atoms. The minimum Gasteiger partial charge on any atom is -0.378 e. The smallest absolute Gasteiger partial charge is 0.229 e. The van der Waals surface area contributed by atoms with Crippen LogP contribution in [0.2, 0.25) is 0 Å². The van der Waals surface area contributed by atoms with E-state index in [-0.39, 0.29) is 17.4 Å². The number of para-hydroxylation sites is 1. The number of likely N-dealkylation sites (tertiary alicyclic amines) is 2. The van der Waals surface area contributed by atoms with Crippen LogP contribution in [0.3, 0.4) is 0 Å². The number of aromatic nitrogens is 2. The van der Waals surface area contributed by atoms with Crippen molar-refractivity contribution in [2.24, 2.45) is 0 Å². The zero-order chi connectivity index (χ0) is 32.3. The maximum atomic E-state index is 13.2. The van der Waals surface area contributed by atoms with Crippen molar-refractivity contribution in [1.29, 1.82) is 0 Å². The zero-order valence-electron chi connectivity index (χ0n) is 28.1. The summed E-state index contributed by atoms with van der Waals surface area (Å²) >= 11 is 0. The lowest BCUT2D eigenvalue weighted by Crippen LogP contribution is -2.57. The van der Waals surface area contributed by atoms with Gasteiger partial charge in [-0.3, -0.25) is 9.69 Å². The Morgan fingerprint density at radius 1 is 0.870 bits per heavy atom. The number of ether oxygens (including phenoxy) is 1. The number of nitrogens with zero attached hydrogens (tertiary/aromatic N) is 6. The summed E-state index contributed by atoms with van der Waals surface area (Å²) in [5.41, 5.74) is 7.81. The molecule has 2 aromatic carbocycles. The monoisotopic (exact) mass is 622 g/mol. The molecule has 0 N–H and O–H groups in total. The molecule has 8 nitrogen and oxygen atoms in total. The molecule has 3 aromatic rings. The zero-order valence-corrected chi connectivity index (χ0v) is 28.1. The number of benzene rings is 2. The van der Waals surface area contributed by atoms with Gasteiger partial charge in [0.15, 0.2) is 0 Å². The molecule has 244 valence electrons. The minimum atomic E-state index is -0.168. The fourth-order valence-electron chi connectivity index (χ4n) is 7.69. The van der Waals surface area contributed by atoms with Gasteiger partial charge >= 0.3 is 0 Å². The Labute approximate surface area is 275 Å². The first kappa shape index (κ1) is 32.2. The van der Waals surface area contributed by atoms with Gasteiger partial charge < -0.3 is 19.4 Å². The van der Waals surface area contributed by atoms with Crippen molar-refractivity contribution < 1.29 is 9.53 Å². The first-order valence-corrected chi connectivity index (χ1v) is 17.0. The van der Waals surface area contributed by atoms with E-state index in [2.05, 4.69) is 107 Å². The standard InChI is InChI=1S/C38H50N6O2/c1-28(37(45)42-23-25-46-26-24-42)32-11-13-34(14-12-32)44(33-9-7-6-8-10-33)35-15-19-43(20-16-35)38(5)17-21-41(22-18-38)31(4)36-29(2)39-27-40-30(36)3/h6-14,27-28,35H,4,15-26H2,1-3,5H3. The second kappa shape index (κ2) is 13.9. The fourth-order valence-corrected chi connectivity index (χ4v) is 7.69. The number of piperidine rings is 2. The number of rotatable bonds is 8. The van der Waals surface area contributed by atoms with Crippen molar-refractivity contribution >= 4 is 23.0 Å². The van der Waals surface area contributed by atoms with Crippen LogP contribution in [-0.4, -0.2) is 94.6 Å². The molecule has 6 rings (SSSR count). The van der Waals surface area contributed by atoms with Crippen LogP contribution in [0.25, 0.3) is 5.70 Å². The van der Waals surface area contributed by atoms with Crippen molar-refractivity contribution in [1.82, 2.24) is 24.7 Å². The summed E-state index contributed by atoms with van der Waals surface area (Å²) in [6.07, 6.45) is 6.09. The second-order valence-electron chi connectivity index (χ2n) is 13.5. The summed E-state index contributed by atoms with van der Waals surface area (Å²) in [6.45, 7) is 19.8. The lowest BCUT2D eigenvalue weighted by Gasteiger charge is -2.51. The lowest BCUT2D eigenvalue weighted by molar-refractivity contribution is -0.136. The summed E-state index contributed by atoms with van der Waals surface area (Å²) in [5, 5.41) is 0. The van der Waals surface area contributed by atoms with Gasteiger partial charge in [0.25, 0.3) is 0 Å². The van der Waals surface area contributed by atoms with Gasteiger partial charge in [0.1, 0.15) is 6.33 Å². The van der Waals surface area contributed by atoms with Crippen LogP contribution in [0.4, 0.5) is 11.4 Å². The molecule has 3 fully saturated rings. The fraction of sp³-hybridized carbons (Fsp3) is 0.500. The highest BCUT2D eigenvalue weighted by molar-refractivity contribution is 5.83. The number of hydrogen-bond acceptors (Lipinski definition) is 7. The molecule has 1 aromatic heterocycles. The quantitative estimate of drug-likeness (QED) is 0.297. The molecule has 3 aliphatic rings. The Balaban J connectivity index is 1.11. The predicted molar refractivity (Wildman–Crippen MR) is 185 cm³/mol. The summed E-state index contributed by atoms with van der Waals surface area (Å²) < 4.78 is 5.45. The highest BCUT2D eigenvalue weighted by Gasteiger charge is 2.39. The number of anilines is 2. The third kappa shape index (κ3) is 6.69. The maximum Gasteiger partial charge on any atom is 0.229 e. The van der Waals surface area contributed by atoms with Gasteiger partial charge in [0.2, 0.25) is 5.91 Å². The Morgan fingerprint density at radius 2 is 1.46 bits per heavy atom. The van der Waals surface area contributed by atoms with Gasteiger partial charge in [-0.25, -0.2) is 9.97 Å². The topological polar surface area (TPSA) is 65.0 Å². The molecule has 0 radical (unpaired) electrons. The maximum absolute atomic E-state index is 13.2. The molecule has 0 saturated carbocycles. The SMILES string of the molecule is C=C(c1c(C)ncnc1C)N1CCC(C)(N2CCC(N(c3ccccc3)c3ccc(C(C)C(=O)N4CCOCC4)cc3)CC2)CC1. The Bertz CT molecular complexity index is 1470. The number of amides is 1. The lowest BCUT2D eigenvalue weighted by atomic mass is 9.84. The third-order valence-corrected chi connectivity index (χ3v) is 10.7. The van der Waals surface area contributed by atoms with Gasteiger partial charge in [-0.2, -0.15) is 0 Å². The van der Waals surface area contributed by atoms with Gasteiger partial charge in [0, 0.05) is 73.5 Å². The van der Waals surface area contributed by atoms with E-state index < -0.39 is 0 Å². The van der Waals surface area contributed by atoms with E-state index in [4.69, 9.17) is 4.74 Å². The number of morpholine rings is 1. The second-order valence-corrected chi connectivity index (χ2v) is 13.5. The molecule has 0 spiro atoms. The molecule has 1 unspecified atom stereocenters. The summed E-state index contributed by atoms with van der Waals surface area (Å²) in [7, 11) is 0. The molecule has 1 amide bonds. The van der Waals surface area contributed by atoms with Crippen molar-refractivity contribution in [3.05, 3.63) is 90.0 Å². The van der Waals surface area contributed by atoms with E-state index in [1.54, 1.807) is 6.33 Å². The molecular weight excluding hydrogens is 572 g/mol. The summed E-state index contributed by atoms with van der Waals surface area (Å²) in [6, 6.07) is 19.9. The average molecular weight is 623 g/mol. The molecular formula is C38H50N6O2. The van der Waals surface area contributed by atoms with Crippen molar-refractivity contribution in [2.45, 2.75) is 70.9 Å². The van der Waals surface area contributed by atoms with E-state index in [9.17, 15) is 4.79 Å². The first-order valence-electron chi connectivity index (χ1n) is 17.0. The number of carbonyl (C=O) groups is 1. The van der Waals surface area contributed by atoms with Crippen LogP contribution in [0, 0.1) is 13.8 Å². The summed E-state index contributed by atoms with van der Waals surface area (Å²) in [5.74, 6) is 0.0188. The predicted octanol–water partition coefficient (Wildman–Crippen LogP) is 6.18. The van der Waals surface area contributed by atoms with Gasteiger partial charge in [-0.15, -0.1) is 0 Å². The average Bonchev–Trinajstić information content (AvgIpc) is 3.09. The normalized spacial score (nSPS) is 19.9. The summed E-state index contributed by atoms with van der Waals surface area (Å²) in [4.78, 5) is 31.7. The minimum absolute atomic E-state index is 0.168. The van der Waals surface area contributed by atoms with Crippen LogP contribution in [-0.2, 0) is 9.53 Å². The number of aryl methyl sites for hydroxylation is 2. The molecule has 3 saturated heterocycles. The molecule has 1 atom stereocenters. The third-order valence-electron chi connectivity index (χ3n) is 10.7. The Kier molecular flexibility index (Phi) is 9.76. The molecule has 0 bridgehead atoms. The molecule has 8 heteroatoms. The highest BCUT2D eigenvalue weighted by Crippen LogP contribution is 2.38. The van der Waals surface area contributed by atoms with Crippen molar-refractivity contribution in [2.75, 3.05) is 57.4 Å². The van der Waals surface area contributed by atoms with E-state index >= 15 is 0 Å². The molecule has 3 aliphatic heterocycles. The van der Waals surface area contributed by atoms with Gasteiger partial charge in [-0.05, 0) is 83.2 Å². The highest BCUT2D eigenvalue weighted by atomic mass is 16.5. The van der Waals surface area contributed by atoms with E-state index in [1.807, 2.05) is 11.8 Å². The van der Waals surface area contributed by atoms with E-state index in [1.165, 1.54) is 11.4 Å². The van der Waals surface area contributed by atoms with Crippen LogP contribution >= 0.6 is 0 Å². The van der Waals surface area contributed by atoms with Crippen molar-refractivity contribution in [3.63, 3.8) is 0 Å². The largest absolute Gasteiger partial charge is 0.378 e. The van der Waals surface area contributed by atoms with Gasteiger partial charge in [0.05, 0.1) is 30.5 Å². The van der Waals surface area contributed by atoms with Crippen LogP contribution < -0.4 is 4.90 Å².